The maximum atomic E-state index is 12.9. The minimum atomic E-state index is -0.109. The molecule has 0 bridgehead atoms. The molecule has 1 amide bonds. The number of phenols is 1. The zero-order valence-corrected chi connectivity index (χ0v) is 15.2. The van der Waals surface area contributed by atoms with Crippen molar-refractivity contribution >= 4 is 17.4 Å². The van der Waals surface area contributed by atoms with E-state index in [4.69, 9.17) is 0 Å². The highest BCUT2D eigenvalue weighted by atomic mass is 16.3. The van der Waals surface area contributed by atoms with E-state index in [1.54, 1.807) is 48.5 Å². The highest BCUT2D eigenvalue weighted by Crippen LogP contribution is 2.25. The van der Waals surface area contributed by atoms with E-state index < -0.39 is 0 Å². The van der Waals surface area contributed by atoms with Crippen LogP contribution >= 0.6 is 0 Å². The van der Waals surface area contributed by atoms with Gasteiger partial charge in [0.05, 0.1) is 0 Å². The van der Waals surface area contributed by atoms with Crippen LogP contribution in [0.4, 0.5) is 11.5 Å². The molecule has 0 aliphatic carbocycles. The molecule has 4 rings (SSSR count). The Morgan fingerprint density at radius 3 is 2.59 bits per heavy atom. The molecule has 136 valence electrons. The average molecular weight is 359 g/mol. The lowest BCUT2D eigenvalue weighted by Gasteiger charge is -2.30. The summed E-state index contributed by atoms with van der Waals surface area (Å²) in [6.45, 7) is 1.68. The van der Waals surface area contributed by atoms with E-state index in [-0.39, 0.29) is 11.7 Å². The van der Waals surface area contributed by atoms with Gasteiger partial charge >= 0.3 is 0 Å². The number of hydrogen-bond acceptors (Lipinski definition) is 4. The summed E-state index contributed by atoms with van der Waals surface area (Å²) >= 11 is 0. The number of aromatic nitrogens is 1. The second kappa shape index (κ2) is 7.11. The normalized spacial score (nSPS) is 13.1. The molecule has 1 aromatic heterocycles. The van der Waals surface area contributed by atoms with Crippen molar-refractivity contribution in [3.8, 4) is 5.75 Å². The molecule has 1 N–H and O–H groups in total. The maximum absolute atomic E-state index is 12.9. The fourth-order valence-electron chi connectivity index (χ4n) is 3.40. The van der Waals surface area contributed by atoms with Crippen molar-refractivity contribution in [3.05, 3.63) is 83.6 Å². The van der Waals surface area contributed by atoms with E-state index in [0.29, 0.717) is 5.56 Å². The Kier molecular flexibility index (Phi) is 4.50. The van der Waals surface area contributed by atoms with Crippen molar-refractivity contribution in [2.24, 2.45) is 0 Å². The number of carbonyl (C=O) groups is 1. The van der Waals surface area contributed by atoms with Crippen LogP contribution < -0.4 is 9.80 Å². The monoisotopic (exact) mass is 359 g/mol. The topological polar surface area (TPSA) is 56.7 Å². The van der Waals surface area contributed by atoms with E-state index in [1.807, 2.05) is 6.07 Å². The summed E-state index contributed by atoms with van der Waals surface area (Å²) in [5.41, 5.74) is 4.01. The smallest absolute Gasteiger partial charge is 0.258 e. The number of phenolic OH excluding ortho intramolecular Hbond substituents is 1. The van der Waals surface area contributed by atoms with E-state index in [0.717, 1.165) is 31.0 Å². The van der Waals surface area contributed by atoms with Crippen molar-refractivity contribution < 1.29 is 9.90 Å². The molecule has 5 nitrogen and oxygen atoms in total. The number of rotatable bonds is 3. The van der Waals surface area contributed by atoms with Crippen LogP contribution in [0.2, 0.25) is 0 Å². The number of fused-ring (bicyclic) bond motifs is 1. The van der Waals surface area contributed by atoms with Crippen molar-refractivity contribution in [2.75, 3.05) is 23.4 Å². The van der Waals surface area contributed by atoms with Gasteiger partial charge in [0.15, 0.2) is 0 Å². The summed E-state index contributed by atoms with van der Waals surface area (Å²) in [4.78, 5) is 21.1. The molecule has 0 unspecified atom stereocenters. The van der Waals surface area contributed by atoms with Gasteiger partial charge in [0, 0.05) is 37.6 Å². The number of anilines is 2. The molecule has 1 aliphatic rings. The zero-order valence-electron chi connectivity index (χ0n) is 15.2. The highest BCUT2D eigenvalue weighted by molar-refractivity contribution is 6.06. The molecular formula is C22H21N3O2. The SMILES string of the molecule is CN(C(=O)c1ccnc(N2CCc3ccccc3C2)c1)c1ccc(O)cc1. The second-order valence-corrected chi connectivity index (χ2v) is 6.72. The molecule has 2 heterocycles. The van der Waals surface area contributed by atoms with Crippen LogP contribution in [0.3, 0.4) is 0 Å². The van der Waals surface area contributed by atoms with Gasteiger partial charge in [-0.1, -0.05) is 24.3 Å². The van der Waals surface area contributed by atoms with Crippen LogP contribution in [0, 0.1) is 0 Å². The molecule has 27 heavy (non-hydrogen) atoms. The molecule has 3 aromatic rings. The summed E-state index contributed by atoms with van der Waals surface area (Å²) in [5, 5.41) is 9.43. The molecule has 1 aliphatic heterocycles. The van der Waals surface area contributed by atoms with Gasteiger partial charge < -0.3 is 14.9 Å². The Hall–Kier alpha value is -3.34. The van der Waals surface area contributed by atoms with Crippen LogP contribution in [0.15, 0.2) is 66.9 Å². The van der Waals surface area contributed by atoms with Gasteiger partial charge in [0.2, 0.25) is 0 Å². The Labute approximate surface area is 158 Å². The highest BCUT2D eigenvalue weighted by Gasteiger charge is 2.19. The first-order chi connectivity index (χ1) is 13.1. The second-order valence-electron chi connectivity index (χ2n) is 6.72. The first-order valence-electron chi connectivity index (χ1n) is 8.97. The van der Waals surface area contributed by atoms with Crippen molar-refractivity contribution in [1.82, 2.24) is 4.98 Å². The Balaban J connectivity index is 1.56. The van der Waals surface area contributed by atoms with Crippen molar-refractivity contribution in [1.29, 1.82) is 0 Å². The first-order valence-corrected chi connectivity index (χ1v) is 8.97. The lowest BCUT2D eigenvalue weighted by atomic mass is 10.00. The molecule has 0 saturated heterocycles. The lowest BCUT2D eigenvalue weighted by molar-refractivity contribution is 0.0993. The van der Waals surface area contributed by atoms with Crippen LogP contribution in [0.25, 0.3) is 0 Å². The Morgan fingerprint density at radius 2 is 1.81 bits per heavy atom. The lowest BCUT2D eigenvalue weighted by Crippen LogP contribution is -2.31. The number of nitrogens with zero attached hydrogens (tertiary/aromatic N) is 3. The number of carbonyl (C=O) groups excluding carboxylic acids is 1. The molecule has 0 radical (unpaired) electrons. The van der Waals surface area contributed by atoms with Gasteiger partial charge in [0.25, 0.3) is 5.91 Å². The molecule has 0 spiro atoms. The fourth-order valence-corrected chi connectivity index (χ4v) is 3.40. The van der Waals surface area contributed by atoms with Gasteiger partial charge in [-0.2, -0.15) is 0 Å². The standard InChI is InChI=1S/C22H21N3O2/c1-24(19-6-8-20(26)9-7-19)22(27)17-10-12-23-21(14-17)25-13-11-16-4-2-3-5-18(16)15-25/h2-10,12,14,26H,11,13,15H2,1H3. The first kappa shape index (κ1) is 17.1. The summed E-state index contributed by atoms with van der Waals surface area (Å²) in [7, 11) is 1.73. The molecule has 5 heteroatoms. The minimum Gasteiger partial charge on any atom is -0.508 e. The van der Waals surface area contributed by atoms with Crippen LogP contribution in [0.5, 0.6) is 5.75 Å². The third kappa shape index (κ3) is 3.49. The van der Waals surface area contributed by atoms with Crippen molar-refractivity contribution in [2.45, 2.75) is 13.0 Å². The largest absolute Gasteiger partial charge is 0.508 e. The molecular weight excluding hydrogens is 338 g/mol. The van der Waals surface area contributed by atoms with Crippen LogP contribution in [-0.4, -0.2) is 29.6 Å². The zero-order chi connectivity index (χ0) is 18.8. The number of benzene rings is 2. The predicted molar refractivity (Wildman–Crippen MR) is 106 cm³/mol. The number of aromatic hydroxyl groups is 1. The molecule has 0 fully saturated rings. The van der Waals surface area contributed by atoms with Gasteiger partial charge in [-0.15, -0.1) is 0 Å². The quantitative estimate of drug-likeness (QED) is 0.776. The number of hydrogen-bond donors (Lipinski definition) is 1. The summed E-state index contributed by atoms with van der Waals surface area (Å²) < 4.78 is 0. The van der Waals surface area contributed by atoms with Gasteiger partial charge in [-0.05, 0) is 53.9 Å². The summed E-state index contributed by atoms with van der Waals surface area (Å²) in [6.07, 6.45) is 2.66. The maximum Gasteiger partial charge on any atom is 0.258 e. The van der Waals surface area contributed by atoms with E-state index in [2.05, 4.69) is 34.1 Å². The predicted octanol–water partition coefficient (Wildman–Crippen LogP) is 3.63. The Morgan fingerprint density at radius 1 is 1.07 bits per heavy atom. The third-order valence-corrected chi connectivity index (χ3v) is 4.99. The van der Waals surface area contributed by atoms with Gasteiger partial charge in [0.1, 0.15) is 11.6 Å². The van der Waals surface area contributed by atoms with E-state index in [1.165, 1.54) is 11.1 Å². The Bertz CT molecular complexity index is 969. The van der Waals surface area contributed by atoms with E-state index >= 15 is 0 Å². The molecule has 0 atom stereocenters. The van der Waals surface area contributed by atoms with E-state index in [9.17, 15) is 9.90 Å². The molecule has 2 aromatic carbocycles. The summed E-state index contributed by atoms with van der Waals surface area (Å²) in [6, 6.07) is 18.6. The number of amides is 1. The molecule has 0 saturated carbocycles. The number of pyridine rings is 1. The average Bonchev–Trinajstić information content (AvgIpc) is 2.73. The minimum absolute atomic E-state index is 0.109. The van der Waals surface area contributed by atoms with Crippen LogP contribution in [-0.2, 0) is 13.0 Å². The summed E-state index contributed by atoms with van der Waals surface area (Å²) in [5.74, 6) is 0.882. The third-order valence-electron chi connectivity index (χ3n) is 4.99. The van der Waals surface area contributed by atoms with Gasteiger partial charge in [-0.25, -0.2) is 4.98 Å². The fraction of sp³-hybridized carbons (Fsp3) is 0.182. The van der Waals surface area contributed by atoms with Crippen molar-refractivity contribution in [3.63, 3.8) is 0 Å². The van der Waals surface area contributed by atoms with Gasteiger partial charge in [-0.3, -0.25) is 4.79 Å². The van der Waals surface area contributed by atoms with Crippen LogP contribution in [0.1, 0.15) is 21.5 Å².